The molecule has 1 heterocycles. The second kappa shape index (κ2) is 10.7. The first-order valence-corrected chi connectivity index (χ1v) is 11.6. The summed E-state index contributed by atoms with van der Waals surface area (Å²) in [5, 5.41) is 0.645. The number of amidine groups is 1. The number of benzene rings is 2. The van der Waals surface area contributed by atoms with Crippen LogP contribution in [0.2, 0.25) is 0 Å². The minimum absolute atomic E-state index is 0.0767. The molecule has 0 radical (unpaired) electrons. The van der Waals surface area contributed by atoms with E-state index in [1.165, 1.54) is 11.8 Å². The lowest BCUT2D eigenvalue weighted by atomic mass is 10.1. The Morgan fingerprint density at radius 1 is 1.06 bits per heavy atom. The van der Waals surface area contributed by atoms with Crippen LogP contribution in [-0.4, -0.2) is 42.8 Å². The van der Waals surface area contributed by atoms with E-state index in [0.717, 1.165) is 21.5 Å². The van der Waals surface area contributed by atoms with E-state index in [0.29, 0.717) is 41.3 Å². The highest BCUT2D eigenvalue weighted by Crippen LogP contribution is 2.38. The van der Waals surface area contributed by atoms with Crippen molar-refractivity contribution < 1.29 is 19.0 Å². The number of thioether (sulfide) groups is 1. The average molecular weight is 505 g/mol. The number of aliphatic imine (C=N–C) groups is 1. The van der Waals surface area contributed by atoms with E-state index in [9.17, 15) is 4.79 Å². The number of ether oxygens (including phenoxy) is 3. The van der Waals surface area contributed by atoms with Gasteiger partial charge in [-0.25, -0.2) is 4.99 Å². The van der Waals surface area contributed by atoms with Crippen molar-refractivity contribution in [2.75, 3.05) is 26.9 Å². The van der Waals surface area contributed by atoms with E-state index in [2.05, 4.69) is 20.9 Å². The van der Waals surface area contributed by atoms with Gasteiger partial charge in [0.2, 0.25) is 0 Å². The van der Waals surface area contributed by atoms with Crippen molar-refractivity contribution >= 4 is 50.5 Å². The third kappa shape index (κ3) is 5.43. The Bertz CT molecular complexity index is 1010. The van der Waals surface area contributed by atoms with Crippen molar-refractivity contribution in [3.63, 3.8) is 0 Å². The summed E-state index contributed by atoms with van der Waals surface area (Å²) in [4.78, 5) is 20.0. The second-order valence-corrected chi connectivity index (χ2v) is 8.30. The smallest absolute Gasteiger partial charge is 0.266 e. The van der Waals surface area contributed by atoms with Crippen LogP contribution >= 0.6 is 27.7 Å². The average Bonchev–Trinajstić information content (AvgIpc) is 3.06. The molecule has 1 amide bonds. The molecule has 0 bridgehead atoms. The first-order chi connectivity index (χ1) is 15.0. The molecule has 1 saturated heterocycles. The van der Waals surface area contributed by atoms with Gasteiger partial charge in [-0.1, -0.05) is 0 Å². The van der Waals surface area contributed by atoms with Gasteiger partial charge in [0.25, 0.3) is 5.91 Å². The van der Waals surface area contributed by atoms with E-state index in [4.69, 9.17) is 14.2 Å². The summed E-state index contributed by atoms with van der Waals surface area (Å²) in [6.45, 7) is 7.38. The maximum absolute atomic E-state index is 13.0. The molecule has 2 aromatic carbocycles. The summed E-state index contributed by atoms with van der Waals surface area (Å²) in [6, 6.07) is 11.2. The maximum Gasteiger partial charge on any atom is 0.266 e. The molecular formula is C23H25BrN2O4S. The Morgan fingerprint density at radius 3 is 2.35 bits per heavy atom. The molecule has 164 valence electrons. The van der Waals surface area contributed by atoms with Gasteiger partial charge in [-0.2, -0.15) is 0 Å². The maximum atomic E-state index is 13.0. The van der Waals surface area contributed by atoms with Gasteiger partial charge >= 0.3 is 0 Å². The van der Waals surface area contributed by atoms with E-state index >= 15 is 0 Å². The van der Waals surface area contributed by atoms with E-state index in [1.807, 2.05) is 63.2 Å². The van der Waals surface area contributed by atoms with Gasteiger partial charge in [0, 0.05) is 18.2 Å². The number of methoxy groups -OCH3 is 1. The van der Waals surface area contributed by atoms with Crippen LogP contribution in [0.1, 0.15) is 26.3 Å². The lowest BCUT2D eigenvalue weighted by molar-refractivity contribution is -0.122. The minimum Gasteiger partial charge on any atom is -0.497 e. The molecule has 1 fully saturated rings. The Hall–Kier alpha value is -2.45. The molecule has 0 aliphatic carbocycles. The number of hydrogen-bond acceptors (Lipinski definition) is 6. The van der Waals surface area contributed by atoms with E-state index in [1.54, 1.807) is 12.0 Å². The number of carbonyl (C=O) groups excluding carboxylic acids is 1. The highest BCUT2D eigenvalue weighted by molar-refractivity contribution is 9.10. The predicted molar refractivity (Wildman–Crippen MR) is 130 cm³/mol. The molecule has 2 aromatic rings. The van der Waals surface area contributed by atoms with Crippen molar-refractivity contribution in [3.8, 4) is 17.2 Å². The molecule has 0 atom stereocenters. The molecule has 0 N–H and O–H groups in total. The SMILES string of the molecule is CCOc1cc(OCC)c(/C=C2/SC(=Nc3ccc(OC)cc3)N(CC)C2=O)cc1Br. The number of halogens is 1. The number of nitrogens with zero attached hydrogens (tertiary/aromatic N) is 2. The summed E-state index contributed by atoms with van der Waals surface area (Å²) >= 11 is 4.90. The van der Waals surface area contributed by atoms with Crippen LogP contribution in [-0.2, 0) is 4.79 Å². The molecule has 6 nitrogen and oxygen atoms in total. The van der Waals surface area contributed by atoms with E-state index < -0.39 is 0 Å². The summed E-state index contributed by atoms with van der Waals surface area (Å²) in [5.74, 6) is 2.05. The molecule has 3 rings (SSSR count). The van der Waals surface area contributed by atoms with Crippen LogP contribution < -0.4 is 14.2 Å². The molecular weight excluding hydrogens is 480 g/mol. The number of rotatable bonds is 8. The largest absolute Gasteiger partial charge is 0.497 e. The lowest BCUT2D eigenvalue weighted by Gasteiger charge is -2.13. The van der Waals surface area contributed by atoms with Crippen LogP contribution in [0.15, 0.2) is 50.8 Å². The zero-order valence-corrected chi connectivity index (χ0v) is 20.4. The molecule has 0 unspecified atom stereocenters. The Balaban J connectivity index is 1.96. The van der Waals surface area contributed by atoms with Crippen LogP contribution in [0.5, 0.6) is 17.2 Å². The highest BCUT2D eigenvalue weighted by atomic mass is 79.9. The molecule has 31 heavy (non-hydrogen) atoms. The van der Waals surface area contributed by atoms with Crippen molar-refractivity contribution in [1.29, 1.82) is 0 Å². The van der Waals surface area contributed by atoms with Crippen LogP contribution in [0, 0.1) is 0 Å². The Kier molecular flexibility index (Phi) is 8.03. The Morgan fingerprint density at radius 2 is 1.74 bits per heavy atom. The summed E-state index contributed by atoms with van der Waals surface area (Å²) in [6.07, 6.45) is 1.84. The molecule has 0 saturated carbocycles. The van der Waals surface area contributed by atoms with Gasteiger partial charge in [0.1, 0.15) is 17.2 Å². The standard InChI is InChI=1S/C23H25BrN2O4S/c1-5-26-22(27)21(31-23(26)25-16-8-10-17(28-4)11-9-16)13-15-12-18(24)20(30-7-3)14-19(15)29-6-2/h8-14H,5-7H2,1-4H3/b21-13+,25-23?. The van der Waals surface area contributed by atoms with Gasteiger partial charge in [0.05, 0.1) is 35.4 Å². The summed E-state index contributed by atoms with van der Waals surface area (Å²) in [5.41, 5.74) is 1.56. The fraction of sp³-hybridized carbons (Fsp3) is 0.304. The van der Waals surface area contributed by atoms with Crippen LogP contribution in [0.3, 0.4) is 0 Å². The van der Waals surface area contributed by atoms with E-state index in [-0.39, 0.29) is 5.91 Å². The molecule has 0 aromatic heterocycles. The Labute approximate surface area is 195 Å². The summed E-state index contributed by atoms with van der Waals surface area (Å²) < 4.78 is 17.4. The third-order valence-electron chi connectivity index (χ3n) is 4.45. The topological polar surface area (TPSA) is 60.4 Å². The fourth-order valence-corrected chi connectivity index (χ4v) is 4.52. The quantitative estimate of drug-likeness (QED) is 0.420. The van der Waals surface area contributed by atoms with Crippen molar-refractivity contribution in [2.45, 2.75) is 20.8 Å². The zero-order chi connectivity index (χ0) is 22.4. The highest BCUT2D eigenvalue weighted by Gasteiger charge is 2.32. The number of hydrogen-bond donors (Lipinski definition) is 0. The third-order valence-corrected chi connectivity index (χ3v) is 6.08. The molecule has 0 spiro atoms. The van der Waals surface area contributed by atoms with Gasteiger partial charge in [-0.05, 0) is 84.9 Å². The van der Waals surface area contributed by atoms with Gasteiger partial charge < -0.3 is 14.2 Å². The fourth-order valence-electron chi connectivity index (χ4n) is 2.99. The first-order valence-electron chi connectivity index (χ1n) is 10.0. The molecule has 1 aliphatic heterocycles. The zero-order valence-electron chi connectivity index (χ0n) is 18.0. The van der Waals surface area contributed by atoms with Gasteiger partial charge in [-0.15, -0.1) is 0 Å². The first kappa shape index (κ1) is 23.2. The van der Waals surface area contributed by atoms with Gasteiger partial charge in [-0.3, -0.25) is 9.69 Å². The summed E-state index contributed by atoms with van der Waals surface area (Å²) in [7, 11) is 1.62. The monoisotopic (exact) mass is 504 g/mol. The lowest BCUT2D eigenvalue weighted by Crippen LogP contribution is -2.28. The van der Waals surface area contributed by atoms with Crippen molar-refractivity contribution in [2.24, 2.45) is 4.99 Å². The molecule has 8 heteroatoms. The number of carbonyl (C=O) groups is 1. The normalized spacial score (nSPS) is 16.3. The molecule has 1 aliphatic rings. The van der Waals surface area contributed by atoms with Crippen LogP contribution in [0.4, 0.5) is 5.69 Å². The van der Waals surface area contributed by atoms with Gasteiger partial charge in [0.15, 0.2) is 5.17 Å². The van der Waals surface area contributed by atoms with Crippen molar-refractivity contribution in [3.05, 3.63) is 51.3 Å². The van der Waals surface area contributed by atoms with Crippen molar-refractivity contribution in [1.82, 2.24) is 4.90 Å². The van der Waals surface area contributed by atoms with Crippen LogP contribution in [0.25, 0.3) is 6.08 Å². The number of amides is 1. The number of likely N-dealkylation sites (N-methyl/N-ethyl adjacent to an activating group) is 1. The predicted octanol–water partition coefficient (Wildman–Crippen LogP) is 5.88. The second-order valence-electron chi connectivity index (χ2n) is 6.44. The minimum atomic E-state index is -0.0767.